The first kappa shape index (κ1) is 15.7. The fraction of sp³-hybridized carbons (Fsp3) is 0.412. The standard InChI is InChI=1S/C17H19FN2O3/c1-11-7-15(23-19-11)8-13-9-20(10-16(13)22-2)17(21)12-3-5-14(18)6-4-12/h3-7,13,16H,8-10H2,1-2H3/t13-,16+/m1/s1. The third-order valence-corrected chi connectivity index (χ3v) is 4.20. The molecule has 0 unspecified atom stereocenters. The zero-order valence-electron chi connectivity index (χ0n) is 13.2. The molecular weight excluding hydrogens is 299 g/mol. The maximum Gasteiger partial charge on any atom is 0.253 e. The molecule has 0 spiro atoms. The van der Waals surface area contributed by atoms with Crippen LogP contribution in [0.1, 0.15) is 21.8 Å². The number of ether oxygens (including phenoxy) is 1. The third-order valence-electron chi connectivity index (χ3n) is 4.20. The predicted molar refractivity (Wildman–Crippen MR) is 81.5 cm³/mol. The van der Waals surface area contributed by atoms with Crippen molar-refractivity contribution >= 4 is 5.91 Å². The minimum atomic E-state index is -0.351. The van der Waals surface area contributed by atoms with Gasteiger partial charge in [0.25, 0.3) is 5.91 Å². The van der Waals surface area contributed by atoms with Gasteiger partial charge < -0.3 is 14.2 Å². The van der Waals surface area contributed by atoms with Gasteiger partial charge in [0, 0.05) is 44.2 Å². The number of carbonyl (C=O) groups is 1. The highest BCUT2D eigenvalue weighted by Gasteiger charge is 2.36. The number of hydrogen-bond acceptors (Lipinski definition) is 4. The molecule has 23 heavy (non-hydrogen) atoms. The lowest BCUT2D eigenvalue weighted by atomic mass is 10.0. The second-order valence-corrected chi connectivity index (χ2v) is 5.89. The first-order chi connectivity index (χ1) is 11.1. The fourth-order valence-corrected chi connectivity index (χ4v) is 3.02. The summed E-state index contributed by atoms with van der Waals surface area (Å²) < 4.78 is 23.8. The van der Waals surface area contributed by atoms with E-state index in [0.717, 1.165) is 11.5 Å². The SMILES string of the molecule is CO[C@H]1CN(C(=O)c2ccc(F)cc2)C[C@H]1Cc1cc(C)no1. The third kappa shape index (κ3) is 3.42. The van der Waals surface area contributed by atoms with Crippen molar-refractivity contribution in [1.82, 2.24) is 10.1 Å². The summed E-state index contributed by atoms with van der Waals surface area (Å²) in [6.45, 7) is 2.97. The Balaban J connectivity index is 1.70. The zero-order valence-corrected chi connectivity index (χ0v) is 13.2. The van der Waals surface area contributed by atoms with E-state index < -0.39 is 0 Å². The predicted octanol–water partition coefficient (Wildman–Crippen LogP) is 2.45. The minimum Gasteiger partial charge on any atom is -0.379 e. The highest BCUT2D eigenvalue weighted by atomic mass is 19.1. The fourth-order valence-electron chi connectivity index (χ4n) is 3.02. The first-order valence-corrected chi connectivity index (χ1v) is 7.56. The lowest BCUT2D eigenvalue weighted by Gasteiger charge is -2.16. The maximum atomic E-state index is 13.0. The van der Waals surface area contributed by atoms with Crippen molar-refractivity contribution in [1.29, 1.82) is 0 Å². The van der Waals surface area contributed by atoms with E-state index >= 15 is 0 Å². The molecule has 2 heterocycles. The lowest BCUT2D eigenvalue weighted by Crippen LogP contribution is -2.29. The molecule has 1 aromatic carbocycles. The Morgan fingerprint density at radius 1 is 1.39 bits per heavy atom. The average molecular weight is 318 g/mol. The number of methoxy groups -OCH3 is 1. The minimum absolute atomic E-state index is 0.0511. The molecule has 0 N–H and O–H groups in total. The van der Waals surface area contributed by atoms with Gasteiger partial charge in [0.2, 0.25) is 0 Å². The molecule has 2 aromatic rings. The van der Waals surface area contributed by atoms with Gasteiger partial charge in [0.1, 0.15) is 11.6 Å². The molecule has 2 atom stereocenters. The van der Waals surface area contributed by atoms with Crippen molar-refractivity contribution in [3.63, 3.8) is 0 Å². The van der Waals surface area contributed by atoms with Gasteiger partial charge in [-0.3, -0.25) is 4.79 Å². The number of halogens is 1. The Morgan fingerprint density at radius 3 is 2.74 bits per heavy atom. The number of carbonyl (C=O) groups excluding carboxylic acids is 1. The molecule has 6 heteroatoms. The number of amides is 1. The smallest absolute Gasteiger partial charge is 0.253 e. The van der Waals surface area contributed by atoms with Crippen LogP contribution in [0.2, 0.25) is 0 Å². The molecule has 0 radical (unpaired) electrons. The summed E-state index contributed by atoms with van der Waals surface area (Å²) in [5.74, 6) is 0.488. The van der Waals surface area contributed by atoms with E-state index in [0.29, 0.717) is 25.1 Å². The summed E-state index contributed by atoms with van der Waals surface area (Å²) in [6.07, 6.45) is 0.622. The monoisotopic (exact) mass is 318 g/mol. The lowest BCUT2D eigenvalue weighted by molar-refractivity contribution is 0.0672. The number of likely N-dealkylation sites (tertiary alicyclic amines) is 1. The van der Waals surface area contributed by atoms with Gasteiger partial charge in [-0.2, -0.15) is 0 Å². The van der Waals surface area contributed by atoms with E-state index in [9.17, 15) is 9.18 Å². The van der Waals surface area contributed by atoms with Gasteiger partial charge in [0.15, 0.2) is 0 Å². The molecule has 1 aliphatic heterocycles. The number of benzene rings is 1. The van der Waals surface area contributed by atoms with E-state index in [-0.39, 0.29) is 23.7 Å². The van der Waals surface area contributed by atoms with E-state index in [1.807, 2.05) is 13.0 Å². The van der Waals surface area contributed by atoms with E-state index in [4.69, 9.17) is 9.26 Å². The molecule has 0 bridgehead atoms. The van der Waals surface area contributed by atoms with Gasteiger partial charge in [-0.25, -0.2) is 4.39 Å². The highest BCUT2D eigenvalue weighted by Crippen LogP contribution is 2.25. The molecule has 0 aliphatic carbocycles. The van der Waals surface area contributed by atoms with Crippen LogP contribution in [0, 0.1) is 18.7 Å². The molecule has 122 valence electrons. The quantitative estimate of drug-likeness (QED) is 0.869. The Morgan fingerprint density at radius 2 is 2.13 bits per heavy atom. The summed E-state index contributed by atoms with van der Waals surface area (Å²) in [7, 11) is 1.65. The largest absolute Gasteiger partial charge is 0.379 e. The molecule has 1 aliphatic rings. The Labute approximate surface area is 134 Å². The molecule has 0 saturated carbocycles. The van der Waals surface area contributed by atoms with Crippen LogP contribution < -0.4 is 0 Å². The van der Waals surface area contributed by atoms with Crippen LogP contribution in [0.25, 0.3) is 0 Å². The number of hydrogen-bond donors (Lipinski definition) is 0. The van der Waals surface area contributed by atoms with Crippen molar-refractivity contribution in [3.8, 4) is 0 Å². The average Bonchev–Trinajstić information content (AvgIpc) is 3.14. The molecule has 1 fully saturated rings. The van der Waals surface area contributed by atoms with Crippen LogP contribution in [0.4, 0.5) is 4.39 Å². The van der Waals surface area contributed by atoms with Gasteiger partial charge in [-0.15, -0.1) is 0 Å². The summed E-state index contributed by atoms with van der Waals surface area (Å²) in [5, 5.41) is 3.89. The van der Waals surface area contributed by atoms with Crippen molar-refractivity contribution < 1.29 is 18.4 Å². The Kier molecular flexibility index (Phi) is 4.43. The Hall–Kier alpha value is -2.21. The van der Waals surface area contributed by atoms with Crippen LogP contribution in [0.3, 0.4) is 0 Å². The van der Waals surface area contributed by atoms with E-state index in [1.54, 1.807) is 12.0 Å². The zero-order chi connectivity index (χ0) is 16.4. The number of nitrogens with zero attached hydrogens (tertiary/aromatic N) is 2. The van der Waals surface area contributed by atoms with Gasteiger partial charge in [0.05, 0.1) is 11.8 Å². The first-order valence-electron chi connectivity index (χ1n) is 7.56. The summed E-state index contributed by atoms with van der Waals surface area (Å²) in [4.78, 5) is 14.3. The van der Waals surface area contributed by atoms with Crippen molar-refractivity contribution in [3.05, 3.63) is 53.2 Å². The van der Waals surface area contributed by atoms with Crippen LogP contribution in [0.15, 0.2) is 34.9 Å². The second-order valence-electron chi connectivity index (χ2n) is 5.89. The number of aryl methyl sites for hydroxylation is 1. The normalized spacial score (nSPS) is 20.9. The Bertz CT molecular complexity index is 683. The van der Waals surface area contributed by atoms with Gasteiger partial charge in [-0.1, -0.05) is 5.16 Å². The summed E-state index contributed by atoms with van der Waals surface area (Å²) in [5.41, 5.74) is 1.32. The van der Waals surface area contributed by atoms with Crippen molar-refractivity contribution in [2.24, 2.45) is 5.92 Å². The molecule has 3 rings (SSSR count). The van der Waals surface area contributed by atoms with E-state index in [2.05, 4.69) is 5.16 Å². The summed E-state index contributed by atoms with van der Waals surface area (Å²) >= 11 is 0. The number of aromatic nitrogens is 1. The molecule has 1 aromatic heterocycles. The van der Waals surface area contributed by atoms with Crippen molar-refractivity contribution in [2.45, 2.75) is 19.4 Å². The number of rotatable bonds is 4. The summed E-state index contributed by atoms with van der Waals surface area (Å²) in [6, 6.07) is 7.51. The van der Waals surface area contributed by atoms with Gasteiger partial charge >= 0.3 is 0 Å². The van der Waals surface area contributed by atoms with Gasteiger partial charge in [-0.05, 0) is 31.2 Å². The molecule has 1 saturated heterocycles. The van der Waals surface area contributed by atoms with E-state index in [1.165, 1.54) is 24.3 Å². The van der Waals surface area contributed by atoms with Crippen LogP contribution in [-0.2, 0) is 11.2 Å². The topological polar surface area (TPSA) is 55.6 Å². The molecular formula is C17H19FN2O3. The van der Waals surface area contributed by atoms with Crippen LogP contribution >= 0.6 is 0 Å². The second kappa shape index (κ2) is 6.50. The van der Waals surface area contributed by atoms with Crippen LogP contribution in [0.5, 0.6) is 0 Å². The molecule has 1 amide bonds. The molecule has 5 nitrogen and oxygen atoms in total. The maximum absolute atomic E-state index is 13.0. The van der Waals surface area contributed by atoms with Crippen LogP contribution in [-0.4, -0.2) is 42.3 Å². The van der Waals surface area contributed by atoms with Crippen molar-refractivity contribution in [2.75, 3.05) is 20.2 Å². The highest BCUT2D eigenvalue weighted by molar-refractivity contribution is 5.94.